The molecule has 0 spiro atoms. The van der Waals surface area contributed by atoms with Crippen LogP contribution in [0.25, 0.3) is 0 Å². The summed E-state index contributed by atoms with van der Waals surface area (Å²) in [5, 5.41) is 2.11. The molecule has 0 bridgehead atoms. The van der Waals surface area contributed by atoms with E-state index in [2.05, 4.69) is 54.4 Å². The molecular formula is C17H26N2OS. The molecule has 1 atom stereocenters. The van der Waals surface area contributed by atoms with Crippen molar-refractivity contribution in [2.24, 2.45) is 5.92 Å². The number of allylic oxidation sites excluding steroid dienone is 2. The number of rotatable bonds is 6. The van der Waals surface area contributed by atoms with Gasteiger partial charge < -0.3 is 9.80 Å². The monoisotopic (exact) mass is 306 g/mol. The van der Waals surface area contributed by atoms with Gasteiger partial charge >= 0.3 is 0 Å². The van der Waals surface area contributed by atoms with Gasteiger partial charge in [0.2, 0.25) is 5.91 Å². The van der Waals surface area contributed by atoms with Crippen molar-refractivity contribution in [3.63, 3.8) is 0 Å². The quantitative estimate of drug-likeness (QED) is 0.753. The molecule has 1 aliphatic carbocycles. The number of hydrogen-bond acceptors (Lipinski definition) is 3. The third-order valence-corrected chi connectivity index (χ3v) is 5.06. The third kappa shape index (κ3) is 4.68. The fourth-order valence-electron chi connectivity index (χ4n) is 2.60. The number of hydrogen-bond donors (Lipinski definition) is 0. The zero-order valence-corrected chi connectivity index (χ0v) is 14.2. The predicted molar refractivity (Wildman–Crippen MR) is 89.5 cm³/mol. The van der Waals surface area contributed by atoms with Crippen molar-refractivity contribution in [2.45, 2.75) is 32.7 Å². The Kier molecular flexibility index (Phi) is 6.00. The van der Waals surface area contributed by atoms with Crippen molar-refractivity contribution in [2.75, 3.05) is 27.2 Å². The molecular weight excluding hydrogens is 280 g/mol. The lowest BCUT2D eigenvalue weighted by molar-refractivity contribution is -0.136. The molecule has 4 heteroatoms. The molecule has 0 unspecified atom stereocenters. The van der Waals surface area contributed by atoms with Crippen LogP contribution in [-0.2, 0) is 11.3 Å². The predicted octanol–water partition coefficient (Wildman–Crippen LogP) is 3.30. The molecule has 0 aromatic carbocycles. The van der Waals surface area contributed by atoms with E-state index in [-0.39, 0.29) is 5.92 Å². The van der Waals surface area contributed by atoms with Crippen LogP contribution in [0, 0.1) is 12.8 Å². The molecule has 1 aromatic heterocycles. The van der Waals surface area contributed by atoms with Crippen LogP contribution in [0.5, 0.6) is 0 Å². The molecule has 3 nitrogen and oxygen atoms in total. The summed E-state index contributed by atoms with van der Waals surface area (Å²) in [6, 6.07) is 2.14. The lowest BCUT2D eigenvalue weighted by atomic mass is 9.93. The average molecular weight is 306 g/mol. The molecule has 1 aromatic rings. The summed E-state index contributed by atoms with van der Waals surface area (Å²) < 4.78 is 0. The van der Waals surface area contributed by atoms with Gasteiger partial charge in [-0.1, -0.05) is 12.2 Å². The Morgan fingerprint density at radius 1 is 1.33 bits per heavy atom. The number of thiophene rings is 1. The Morgan fingerprint density at radius 3 is 2.71 bits per heavy atom. The molecule has 0 aliphatic heterocycles. The largest absolute Gasteiger partial charge is 0.336 e. The molecule has 1 aliphatic rings. The molecule has 0 saturated carbocycles. The van der Waals surface area contributed by atoms with E-state index in [1.165, 1.54) is 10.4 Å². The number of likely N-dealkylation sites (N-methyl/N-ethyl adjacent to an activating group) is 1. The van der Waals surface area contributed by atoms with Gasteiger partial charge in [0.15, 0.2) is 0 Å². The van der Waals surface area contributed by atoms with Crippen LogP contribution in [0.4, 0.5) is 0 Å². The fourth-order valence-corrected chi connectivity index (χ4v) is 3.52. The normalized spacial score (nSPS) is 18.2. The second kappa shape index (κ2) is 7.76. The summed E-state index contributed by atoms with van der Waals surface area (Å²) in [5.41, 5.74) is 1.30. The lowest BCUT2D eigenvalue weighted by Gasteiger charge is -2.29. The summed E-state index contributed by atoms with van der Waals surface area (Å²) >= 11 is 1.75. The van der Waals surface area contributed by atoms with Crippen molar-refractivity contribution >= 4 is 17.2 Å². The lowest BCUT2D eigenvalue weighted by Crippen LogP contribution is -2.40. The topological polar surface area (TPSA) is 23.6 Å². The average Bonchev–Trinajstić information content (AvgIpc) is 2.88. The Labute approximate surface area is 132 Å². The van der Waals surface area contributed by atoms with Gasteiger partial charge in [-0.3, -0.25) is 4.79 Å². The van der Waals surface area contributed by atoms with Crippen LogP contribution in [0.15, 0.2) is 23.6 Å². The highest BCUT2D eigenvalue weighted by Crippen LogP contribution is 2.23. The summed E-state index contributed by atoms with van der Waals surface area (Å²) in [6.45, 7) is 4.61. The molecule has 2 rings (SSSR count). The summed E-state index contributed by atoms with van der Waals surface area (Å²) in [5.74, 6) is 0.506. The third-order valence-electron chi connectivity index (χ3n) is 4.05. The minimum Gasteiger partial charge on any atom is -0.336 e. The van der Waals surface area contributed by atoms with Gasteiger partial charge in [-0.05, 0) is 57.3 Å². The second-order valence-corrected chi connectivity index (χ2v) is 7.07. The maximum Gasteiger partial charge on any atom is 0.226 e. The van der Waals surface area contributed by atoms with E-state index < -0.39 is 0 Å². The molecule has 0 N–H and O–H groups in total. The van der Waals surface area contributed by atoms with E-state index in [9.17, 15) is 4.79 Å². The maximum atomic E-state index is 12.8. The highest BCUT2D eigenvalue weighted by atomic mass is 32.1. The SMILES string of the molecule is Cc1ccsc1CN(CCN(C)C)C(=O)[C@@H]1CC=CCC1. The van der Waals surface area contributed by atoms with Crippen molar-refractivity contribution in [1.29, 1.82) is 0 Å². The van der Waals surface area contributed by atoms with Crippen LogP contribution in [0.1, 0.15) is 29.7 Å². The molecule has 0 fully saturated rings. The standard InChI is InChI=1S/C17H26N2OS/c1-14-9-12-21-16(14)13-19(11-10-18(2)3)17(20)15-7-5-4-6-8-15/h4-5,9,12,15H,6-8,10-11,13H2,1-3H3/t15-/m1/s1. The van der Waals surface area contributed by atoms with E-state index in [1.54, 1.807) is 11.3 Å². The molecule has 1 heterocycles. The number of carbonyl (C=O) groups excluding carboxylic acids is 1. The van der Waals surface area contributed by atoms with E-state index in [0.717, 1.165) is 38.9 Å². The highest BCUT2D eigenvalue weighted by molar-refractivity contribution is 7.10. The Bertz CT molecular complexity index is 493. The van der Waals surface area contributed by atoms with Crippen molar-refractivity contribution in [1.82, 2.24) is 9.80 Å². The first kappa shape index (κ1) is 16.2. The summed E-state index contributed by atoms with van der Waals surface area (Å²) in [6.07, 6.45) is 7.29. The number of amides is 1. The number of nitrogens with zero attached hydrogens (tertiary/aromatic N) is 2. The van der Waals surface area contributed by atoms with Crippen LogP contribution in [-0.4, -0.2) is 42.9 Å². The van der Waals surface area contributed by atoms with Gasteiger partial charge in [0.05, 0.1) is 6.54 Å². The zero-order chi connectivity index (χ0) is 15.2. The first-order valence-electron chi connectivity index (χ1n) is 7.69. The van der Waals surface area contributed by atoms with Crippen molar-refractivity contribution in [3.05, 3.63) is 34.0 Å². The Hall–Kier alpha value is -1.13. The summed E-state index contributed by atoms with van der Waals surface area (Å²) in [7, 11) is 4.12. The molecule has 21 heavy (non-hydrogen) atoms. The van der Waals surface area contributed by atoms with E-state index >= 15 is 0 Å². The van der Waals surface area contributed by atoms with Gasteiger partial charge in [-0.25, -0.2) is 0 Å². The molecule has 0 radical (unpaired) electrons. The van der Waals surface area contributed by atoms with E-state index in [0.29, 0.717) is 5.91 Å². The fraction of sp³-hybridized carbons (Fsp3) is 0.588. The minimum absolute atomic E-state index is 0.178. The highest BCUT2D eigenvalue weighted by Gasteiger charge is 2.25. The molecule has 116 valence electrons. The van der Waals surface area contributed by atoms with Crippen LogP contribution < -0.4 is 0 Å². The number of carbonyl (C=O) groups is 1. The Morgan fingerprint density at radius 2 is 2.14 bits per heavy atom. The molecule has 1 amide bonds. The van der Waals surface area contributed by atoms with Gasteiger partial charge in [0.25, 0.3) is 0 Å². The smallest absolute Gasteiger partial charge is 0.226 e. The number of aryl methyl sites for hydroxylation is 1. The second-order valence-electron chi connectivity index (χ2n) is 6.07. The van der Waals surface area contributed by atoms with Gasteiger partial charge in [0, 0.05) is 23.9 Å². The first-order chi connectivity index (χ1) is 10.1. The van der Waals surface area contributed by atoms with E-state index in [4.69, 9.17) is 0 Å². The van der Waals surface area contributed by atoms with Crippen molar-refractivity contribution in [3.8, 4) is 0 Å². The zero-order valence-electron chi connectivity index (χ0n) is 13.3. The van der Waals surface area contributed by atoms with Crippen LogP contribution in [0.3, 0.4) is 0 Å². The van der Waals surface area contributed by atoms with Crippen LogP contribution in [0.2, 0.25) is 0 Å². The molecule has 0 saturated heterocycles. The Balaban J connectivity index is 2.05. The minimum atomic E-state index is 0.178. The first-order valence-corrected chi connectivity index (χ1v) is 8.57. The summed E-state index contributed by atoms with van der Waals surface area (Å²) in [4.78, 5) is 18.3. The van der Waals surface area contributed by atoms with Gasteiger partial charge in [0.1, 0.15) is 0 Å². The van der Waals surface area contributed by atoms with E-state index in [1.807, 2.05) is 0 Å². The van der Waals surface area contributed by atoms with Crippen LogP contribution >= 0.6 is 11.3 Å². The maximum absolute atomic E-state index is 12.8. The van der Waals surface area contributed by atoms with Gasteiger partial charge in [-0.2, -0.15) is 0 Å². The van der Waals surface area contributed by atoms with Crippen molar-refractivity contribution < 1.29 is 4.79 Å². The van der Waals surface area contributed by atoms with Gasteiger partial charge in [-0.15, -0.1) is 11.3 Å².